The zero-order valence-electron chi connectivity index (χ0n) is 21.3. The molecular weight excluding hydrogens is 424 g/mol. The smallest absolute Gasteiger partial charge is 0.303 e. The molecule has 2 unspecified atom stereocenters. The van der Waals surface area contributed by atoms with Gasteiger partial charge in [0.15, 0.2) is 0 Å². The number of ether oxygens (including phenoxy) is 1. The van der Waals surface area contributed by atoms with Crippen LogP contribution in [0.2, 0.25) is 0 Å². The van der Waals surface area contributed by atoms with Crippen molar-refractivity contribution in [2.75, 3.05) is 26.4 Å². The lowest BCUT2D eigenvalue weighted by molar-refractivity contribution is -0.137. The van der Waals surface area contributed by atoms with Crippen molar-refractivity contribution in [1.29, 1.82) is 0 Å². The predicted octanol–water partition coefficient (Wildman–Crippen LogP) is 4.82. The summed E-state index contributed by atoms with van der Waals surface area (Å²) in [4.78, 5) is 10.4. The van der Waals surface area contributed by atoms with E-state index < -0.39 is 18.2 Å². The monoisotopic (exact) mass is 478 g/mol. The Morgan fingerprint density at radius 2 is 0.909 bits per heavy atom. The van der Waals surface area contributed by atoms with E-state index in [2.05, 4.69) is 6.92 Å². The first-order valence-corrected chi connectivity index (χ1v) is 13.3. The Bertz CT molecular complexity index is 370. The number of rotatable bonds is 24. The van der Waals surface area contributed by atoms with Crippen molar-refractivity contribution >= 4 is 5.97 Å². The number of aliphatic carboxylic acids is 1. The van der Waals surface area contributed by atoms with Crippen molar-refractivity contribution in [3.8, 4) is 0 Å². The van der Waals surface area contributed by atoms with Crippen LogP contribution in [-0.2, 0) is 9.53 Å². The van der Waals surface area contributed by atoms with Gasteiger partial charge in [0.05, 0.1) is 26.4 Å². The van der Waals surface area contributed by atoms with Crippen molar-refractivity contribution in [2.24, 2.45) is 0 Å². The molecule has 33 heavy (non-hydrogen) atoms. The van der Waals surface area contributed by atoms with Crippen LogP contribution in [0.4, 0.5) is 0 Å². The predicted molar refractivity (Wildman–Crippen MR) is 133 cm³/mol. The normalized spacial score (nSPS) is 12.8. The fourth-order valence-electron chi connectivity index (χ4n) is 3.45. The van der Waals surface area contributed by atoms with Crippen LogP contribution in [0, 0.1) is 0 Å². The van der Waals surface area contributed by atoms with E-state index in [4.69, 9.17) is 30.3 Å². The molecule has 0 aromatic rings. The summed E-state index contributed by atoms with van der Waals surface area (Å²) in [6.45, 7) is 1.48. The number of carboxylic acid groups (broad SMARTS) is 1. The van der Waals surface area contributed by atoms with E-state index in [9.17, 15) is 4.79 Å². The molecule has 200 valence electrons. The van der Waals surface area contributed by atoms with Crippen molar-refractivity contribution in [2.45, 2.75) is 135 Å². The van der Waals surface area contributed by atoms with Gasteiger partial charge in [-0.3, -0.25) is 4.79 Å². The summed E-state index contributed by atoms with van der Waals surface area (Å²) in [6, 6.07) is 0. The summed E-state index contributed by atoms with van der Waals surface area (Å²) in [5.41, 5.74) is 0. The molecule has 0 saturated heterocycles. The highest BCUT2D eigenvalue weighted by molar-refractivity contribution is 5.66. The number of aliphatic hydroxyl groups is 4. The largest absolute Gasteiger partial charge is 0.481 e. The summed E-state index contributed by atoms with van der Waals surface area (Å²) < 4.78 is 4.72. The van der Waals surface area contributed by atoms with E-state index >= 15 is 0 Å². The topological polar surface area (TPSA) is 127 Å². The minimum atomic E-state index is -0.916. The molecule has 0 amide bonds. The lowest BCUT2D eigenvalue weighted by Gasteiger charge is -2.10. The molecule has 0 fully saturated rings. The summed E-state index contributed by atoms with van der Waals surface area (Å²) in [5.74, 6) is -0.652. The molecule has 0 heterocycles. The minimum Gasteiger partial charge on any atom is -0.481 e. The second kappa shape index (κ2) is 29.3. The maximum atomic E-state index is 10.4. The van der Waals surface area contributed by atoms with E-state index in [1.807, 2.05) is 0 Å². The zero-order chi connectivity index (χ0) is 25.0. The molecule has 0 saturated carbocycles. The molecule has 7 nitrogen and oxygen atoms in total. The van der Waals surface area contributed by atoms with Crippen molar-refractivity contribution in [1.82, 2.24) is 0 Å². The molecule has 5 N–H and O–H groups in total. The third kappa shape index (κ3) is 33.5. The standard InChI is InChI=1S/C20H40O2.C6H14O5/c1-2-3-4-5-6-7-8-9-10-11-12-13-14-15-16-17-18-19-20(21)22;7-1-5(9)3-11-4-6(10)2-8/h2-19H2,1H3,(H,21,22);5-10H,1-4H2. The number of carboxylic acids is 1. The second-order valence-electron chi connectivity index (χ2n) is 9.01. The van der Waals surface area contributed by atoms with Gasteiger partial charge in [0, 0.05) is 6.42 Å². The fraction of sp³-hybridized carbons (Fsp3) is 0.962. The van der Waals surface area contributed by atoms with Crippen LogP contribution in [0.3, 0.4) is 0 Å². The molecule has 7 heteroatoms. The third-order valence-corrected chi connectivity index (χ3v) is 5.54. The average Bonchev–Trinajstić information content (AvgIpc) is 2.81. The highest BCUT2D eigenvalue weighted by Crippen LogP contribution is 2.14. The molecule has 0 aromatic carbocycles. The average molecular weight is 479 g/mol. The molecule has 0 rings (SSSR count). The lowest BCUT2D eigenvalue weighted by atomic mass is 10.0. The summed E-state index contributed by atoms with van der Waals surface area (Å²) >= 11 is 0. The van der Waals surface area contributed by atoms with E-state index in [0.717, 1.165) is 12.8 Å². The van der Waals surface area contributed by atoms with E-state index in [1.54, 1.807) is 0 Å². The number of unbranched alkanes of at least 4 members (excludes halogenated alkanes) is 16. The lowest BCUT2D eigenvalue weighted by Crippen LogP contribution is -2.25. The number of hydrogen-bond acceptors (Lipinski definition) is 6. The van der Waals surface area contributed by atoms with Crippen molar-refractivity contribution in [3.05, 3.63) is 0 Å². The summed E-state index contributed by atoms with van der Waals surface area (Å²) in [5, 5.41) is 42.6. The van der Waals surface area contributed by atoms with Crippen LogP contribution in [0.25, 0.3) is 0 Å². The number of carbonyl (C=O) groups is 1. The first-order chi connectivity index (χ1) is 16.0. The Labute approximate surface area is 202 Å². The maximum Gasteiger partial charge on any atom is 0.303 e. The molecule has 0 radical (unpaired) electrons. The zero-order valence-corrected chi connectivity index (χ0v) is 21.3. The summed E-state index contributed by atoms with van der Waals surface area (Å²) in [7, 11) is 0. The second-order valence-corrected chi connectivity index (χ2v) is 9.01. The first kappa shape index (κ1) is 34.4. The van der Waals surface area contributed by atoms with E-state index in [0.29, 0.717) is 6.42 Å². The van der Waals surface area contributed by atoms with E-state index in [1.165, 1.54) is 96.3 Å². The van der Waals surface area contributed by atoms with Gasteiger partial charge in [0.2, 0.25) is 0 Å². The highest BCUT2D eigenvalue weighted by Gasteiger charge is 2.05. The molecule has 0 aliphatic heterocycles. The fourth-order valence-corrected chi connectivity index (χ4v) is 3.45. The molecule has 0 bridgehead atoms. The molecule has 0 aliphatic carbocycles. The number of hydrogen-bond donors (Lipinski definition) is 5. The third-order valence-electron chi connectivity index (χ3n) is 5.54. The minimum absolute atomic E-state index is 0.0342. The molecule has 0 aromatic heterocycles. The molecule has 0 aliphatic rings. The van der Waals surface area contributed by atoms with Gasteiger partial charge in [-0.2, -0.15) is 0 Å². The van der Waals surface area contributed by atoms with Gasteiger partial charge in [0.25, 0.3) is 0 Å². The van der Waals surface area contributed by atoms with Gasteiger partial charge < -0.3 is 30.3 Å². The van der Waals surface area contributed by atoms with Gasteiger partial charge in [0.1, 0.15) is 12.2 Å². The maximum absolute atomic E-state index is 10.4. The molecule has 0 spiro atoms. The van der Waals surface area contributed by atoms with Gasteiger partial charge in [-0.25, -0.2) is 0 Å². The Morgan fingerprint density at radius 1 is 0.606 bits per heavy atom. The van der Waals surface area contributed by atoms with Crippen LogP contribution in [0.5, 0.6) is 0 Å². The van der Waals surface area contributed by atoms with Crippen LogP contribution in [-0.4, -0.2) is 70.1 Å². The van der Waals surface area contributed by atoms with Crippen LogP contribution < -0.4 is 0 Å². The Hall–Kier alpha value is -0.730. The Balaban J connectivity index is 0. The Morgan fingerprint density at radius 3 is 1.18 bits per heavy atom. The first-order valence-electron chi connectivity index (χ1n) is 13.3. The van der Waals surface area contributed by atoms with E-state index in [-0.39, 0.29) is 26.4 Å². The Kier molecular flexibility index (Phi) is 30.6. The van der Waals surface area contributed by atoms with Gasteiger partial charge in [-0.15, -0.1) is 0 Å². The van der Waals surface area contributed by atoms with Crippen LogP contribution >= 0.6 is 0 Å². The van der Waals surface area contributed by atoms with Crippen LogP contribution in [0.15, 0.2) is 0 Å². The molecular formula is C26H54O7. The summed E-state index contributed by atoms with van der Waals surface area (Å²) in [6.07, 6.45) is 21.3. The number of aliphatic hydroxyl groups excluding tert-OH is 4. The van der Waals surface area contributed by atoms with Gasteiger partial charge in [-0.05, 0) is 6.42 Å². The highest BCUT2D eigenvalue weighted by atomic mass is 16.5. The quantitative estimate of drug-likeness (QED) is 0.126. The van der Waals surface area contributed by atoms with Crippen molar-refractivity contribution in [3.63, 3.8) is 0 Å². The molecule has 2 atom stereocenters. The van der Waals surface area contributed by atoms with Crippen molar-refractivity contribution < 1.29 is 35.1 Å². The van der Waals surface area contributed by atoms with Crippen LogP contribution in [0.1, 0.15) is 122 Å². The van der Waals surface area contributed by atoms with Gasteiger partial charge >= 0.3 is 5.97 Å². The SMILES string of the molecule is CCCCCCCCCCCCCCCCCCCC(=O)O.OCC(O)COCC(O)CO. The van der Waals surface area contributed by atoms with Gasteiger partial charge in [-0.1, -0.05) is 110 Å².